The van der Waals surface area contributed by atoms with Crippen LogP contribution in [0.3, 0.4) is 0 Å². The standard InChI is InChI=1S/C10H19N3S/c1-4-9-7-14-10(12-9)13(6-5-11)8(2)3/h7-8H,4-6,11H2,1-3H3. The van der Waals surface area contributed by atoms with Crippen LogP contribution in [0.5, 0.6) is 0 Å². The Morgan fingerprint density at radius 1 is 1.57 bits per heavy atom. The highest BCUT2D eigenvalue weighted by molar-refractivity contribution is 7.13. The molecule has 80 valence electrons. The SMILES string of the molecule is CCc1csc(N(CCN)C(C)C)n1. The molecule has 1 rings (SSSR count). The molecule has 0 aliphatic rings. The number of thiazole rings is 1. The van der Waals surface area contributed by atoms with Crippen LogP contribution in [0.2, 0.25) is 0 Å². The lowest BCUT2D eigenvalue weighted by Crippen LogP contribution is -2.35. The summed E-state index contributed by atoms with van der Waals surface area (Å²) in [5, 5.41) is 3.23. The monoisotopic (exact) mass is 213 g/mol. The molecule has 0 amide bonds. The lowest BCUT2D eigenvalue weighted by atomic mass is 10.3. The smallest absolute Gasteiger partial charge is 0.185 e. The maximum Gasteiger partial charge on any atom is 0.185 e. The van der Waals surface area contributed by atoms with Crippen LogP contribution in [-0.4, -0.2) is 24.1 Å². The van der Waals surface area contributed by atoms with Gasteiger partial charge >= 0.3 is 0 Å². The fraction of sp³-hybridized carbons (Fsp3) is 0.700. The van der Waals surface area contributed by atoms with Gasteiger partial charge in [0.2, 0.25) is 0 Å². The van der Waals surface area contributed by atoms with Crippen molar-refractivity contribution < 1.29 is 0 Å². The van der Waals surface area contributed by atoms with Gasteiger partial charge in [-0.2, -0.15) is 0 Å². The van der Waals surface area contributed by atoms with Gasteiger partial charge < -0.3 is 10.6 Å². The molecule has 4 heteroatoms. The van der Waals surface area contributed by atoms with Crippen molar-refractivity contribution in [3.05, 3.63) is 11.1 Å². The van der Waals surface area contributed by atoms with Gasteiger partial charge in [0.05, 0.1) is 5.69 Å². The van der Waals surface area contributed by atoms with Crippen molar-refractivity contribution in [3.63, 3.8) is 0 Å². The zero-order valence-electron chi connectivity index (χ0n) is 9.16. The van der Waals surface area contributed by atoms with Crippen molar-refractivity contribution in [1.29, 1.82) is 0 Å². The average Bonchev–Trinajstić information content (AvgIpc) is 2.61. The molecule has 0 saturated heterocycles. The van der Waals surface area contributed by atoms with E-state index < -0.39 is 0 Å². The minimum Gasteiger partial charge on any atom is -0.344 e. The van der Waals surface area contributed by atoms with Crippen molar-refractivity contribution in [2.24, 2.45) is 5.73 Å². The molecule has 0 aliphatic carbocycles. The minimum absolute atomic E-state index is 0.467. The lowest BCUT2D eigenvalue weighted by molar-refractivity contribution is 0.680. The summed E-state index contributed by atoms with van der Waals surface area (Å²) in [6.45, 7) is 8.03. The third-order valence-electron chi connectivity index (χ3n) is 2.14. The Morgan fingerprint density at radius 2 is 2.29 bits per heavy atom. The van der Waals surface area contributed by atoms with E-state index in [0.717, 1.165) is 18.1 Å². The first kappa shape index (κ1) is 11.5. The summed E-state index contributed by atoms with van der Waals surface area (Å²) in [7, 11) is 0. The molecule has 3 nitrogen and oxygen atoms in total. The van der Waals surface area contributed by atoms with Gasteiger partial charge in [0.1, 0.15) is 0 Å². The first-order chi connectivity index (χ1) is 6.69. The van der Waals surface area contributed by atoms with E-state index in [-0.39, 0.29) is 0 Å². The summed E-state index contributed by atoms with van der Waals surface area (Å²) in [5.74, 6) is 0. The molecule has 1 aromatic heterocycles. The van der Waals surface area contributed by atoms with Crippen molar-refractivity contribution in [1.82, 2.24) is 4.98 Å². The molecular weight excluding hydrogens is 194 g/mol. The third-order valence-corrected chi connectivity index (χ3v) is 3.07. The number of hydrogen-bond acceptors (Lipinski definition) is 4. The highest BCUT2D eigenvalue weighted by Gasteiger charge is 2.12. The molecule has 0 atom stereocenters. The Bertz CT molecular complexity index is 270. The molecule has 0 aliphatic heterocycles. The van der Waals surface area contributed by atoms with Crippen LogP contribution in [0.15, 0.2) is 5.38 Å². The Hall–Kier alpha value is -0.610. The topological polar surface area (TPSA) is 42.1 Å². The number of aromatic nitrogens is 1. The van der Waals surface area contributed by atoms with E-state index in [1.807, 2.05) is 0 Å². The van der Waals surface area contributed by atoms with Crippen LogP contribution in [0.25, 0.3) is 0 Å². The average molecular weight is 213 g/mol. The first-order valence-corrected chi connectivity index (χ1v) is 5.98. The molecule has 1 heterocycles. The highest BCUT2D eigenvalue weighted by atomic mass is 32.1. The van der Waals surface area contributed by atoms with E-state index >= 15 is 0 Å². The molecular formula is C10H19N3S. The molecule has 0 radical (unpaired) electrons. The van der Waals surface area contributed by atoms with Crippen molar-refractivity contribution in [2.45, 2.75) is 33.2 Å². The molecule has 0 aromatic carbocycles. The Morgan fingerprint density at radius 3 is 2.71 bits per heavy atom. The van der Waals surface area contributed by atoms with Gasteiger partial charge in [-0.25, -0.2) is 4.98 Å². The van der Waals surface area contributed by atoms with Gasteiger partial charge in [-0.05, 0) is 20.3 Å². The van der Waals surface area contributed by atoms with E-state index in [4.69, 9.17) is 5.73 Å². The van der Waals surface area contributed by atoms with Crippen molar-refractivity contribution in [3.8, 4) is 0 Å². The largest absolute Gasteiger partial charge is 0.344 e. The fourth-order valence-corrected chi connectivity index (χ4v) is 2.37. The molecule has 0 fully saturated rings. The van der Waals surface area contributed by atoms with Crippen molar-refractivity contribution in [2.75, 3.05) is 18.0 Å². The molecule has 0 bridgehead atoms. The Balaban J connectivity index is 2.76. The molecule has 0 unspecified atom stereocenters. The van der Waals surface area contributed by atoms with Crippen LogP contribution >= 0.6 is 11.3 Å². The summed E-state index contributed by atoms with van der Waals surface area (Å²) in [6, 6.07) is 0.467. The van der Waals surface area contributed by atoms with Gasteiger partial charge in [-0.15, -0.1) is 11.3 Å². The van der Waals surface area contributed by atoms with Crippen LogP contribution in [0.4, 0.5) is 5.13 Å². The number of nitrogens with two attached hydrogens (primary N) is 1. The normalized spacial score (nSPS) is 10.9. The number of anilines is 1. The van der Waals surface area contributed by atoms with E-state index in [1.165, 1.54) is 5.69 Å². The van der Waals surface area contributed by atoms with Crippen LogP contribution in [-0.2, 0) is 6.42 Å². The second kappa shape index (κ2) is 5.32. The predicted octanol–water partition coefficient (Wildman–Crippen LogP) is 1.88. The van der Waals surface area contributed by atoms with Gasteiger partial charge in [0, 0.05) is 24.5 Å². The zero-order chi connectivity index (χ0) is 10.6. The Kier molecular flexibility index (Phi) is 4.35. The number of hydrogen-bond donors (Lipinski definition) is 1. The van der Waals surface area contributed by atoms with Crippen LogP contribution < -0.4 is 10.6 Å². The zero-order valence-corrected chi connectivity index (χ0v) is 9.97. The van der Waals surface area contributed by atoms with Gasteiger partial charge in [0.15, 0.2) is 5.13 Å². The molecule has 0 spiro atoms. The maximum absolute atomic E-state index is 5.58. The quantitative estimate of drug-likeness (QED) is 0.812. The second-order valence-corrected chi connectivity index (χ2v) is 4.39. The minimum atomic E-state index is 0.467. The van der Waals surface area contributed by atoms with E-state index in [0.29, 0.717) is 12.6 Å². The Labute approximate surface area is 89.9 Å². The fourth-order valence-electron chi connectivity index (χ4n) is 1.30. The van der Waals surface area contributed by atoms with Gasteiger partial charge in [-0.3, -0.25) is 0 Å². The van der Waals surface area contributed by atoms with Gasteiger partial charge in [0.25, 0.3) is 0 Å². The van der Waals surface area contributed by atoms with Crippen molar-refractivity contribution >= 4 is 16.5 Å². The summed E-state index contributed by atoms with van der Waals surface area (Å²) >= 11 is 1.71. The first-order valence-electron chi connectivity index (χ1n) is 5.10. The maximum atomic E-state index is 5.58. The predicted molar refractivity (Wildman–Crippen MR) is 63.0 cm³/mol. The molecule has 14 heavy (non-hydrogen) atoms. The third kappa shape index (κ3) is 2.69. The van der Waals surface area contributed by atoms with Gasteiger partial charge in [-0.1, -0.05) is 6.92 Å². The molecule has 0 saturated carbocycles. The number of aryl methyl sites for hydroxylation is 1. The summed E-state index contributed by atoms with van der Waals surface area (Å²) < 4.78 is 0. The van der Waals surface area contributed by atoms with E-state index in [1.54, 1.807) is 11.3 Å². The summed E-state index contributed by atoms with van der Waals surface area (Å²) in [6.07, 6.45) is 1.01. The van der Waals surface area contributed by atoms with E-state index in [9.17, 15) is 0 Å². The van der Waals surface area contributed by atoms with Crippen LogP contribution in [0.1, 0.15) is 26.5 Å². The summed E-state index contributed by atoms with van der Waals surface area (Å²) in [4.78, 5) is 6.81. The highest BCUT2D eigenvalue weighted by Crippen LogP contribution is 2.22. The molecule has 1 aromatic rings. The lowest BCUT2D eigenvalue weighted by Gasteiger charge is -2.25. The van der Waals surface area contributed by atoms with E-state index in [2.05, 4.69) is 36.0 Å². The van der Waals surface area contributed by atoms with Crippen LogP contribution in [0, 0.1) is 0 Å². The summed E-state index contributed by atoms with van der Waals surface area (Å²) in [5.41, 5.74) is 6.75. The molecule has 2 N–H and O–H groups in total. The number of nitrogens with zero attached hydrogens (tertiary/aromatic N) is 2. The number of rotatable bonds is 5. The second-order valence-electron chi connectivity index (χ2n) is 3.55.